The van der Waals surface area contributed by atoms with Gasteiger partial charge < -0.3 is 10.2 Å². The van der Waals surface area contributed by atoms with Gasteiger partial charge in [0.05, 0.1) is 5.69 Å². The quantitative estimate of drug-likeness (QED) is 0.582. The second kappa shape index (κ2) is 11.1. The van der Waals surface area contributed by atoms with E-state index < -0.39 is 34.5 Å². The van der Waals surface area contributed by atoms with Crippen molar-refractivity contribution < 1.29 is 22.4 Å². The summed E-state index contributed by atoms with van der Waals surface area (Å²) in [6.45, 7) is 1.19. The number of carbonyl (C=O) groups is 2. The van der Waals surface area contributed by atoms with E-state index in [4.69, 9.17) is 0 Å². The minimum absolute atomic E-state index is 0.0960. The maximum Gasteiger partial charge on any atom is 0.304 e. The predicted molar refractivity (Wildman–Crippen MR) is 121 cm³/mol. The minimum atomic E-state index is -4.20. The number of likely N-dealkylation sites (N-methyl/N-ethyl adjacent to an activating group) is 1. The monoisotopic (exact) mass is 464 g/mol. The van der Waals surface area contributed by atoms with Gasteiger partial charge in [-0.25, -0.2) is 8.70 Å². The molecule has 2 amide bonds. The van der Waals surface area contributed by atoms with E-state index in [1.807, 2.05) is 18.2 Å². The van der Waals surface area contributed by atoms with Gasteiger partial charge in [0.1, 0.15) is 18.4 Å². The average molecular weight is 465 g/mol. The van der Waals surface area contributed by atoms with Gasteiger partial charge in [-0.05, 0) is 24.1 Å². The lowest BCUT2D eigenvalue weighted by Gasteiger charge is -2.33. The highest BCUT2D eigenvalue weighted by atomic mass is 32.2. The van der Waals surface area contributed by atoms with Crippen molar-refractivity contribution in [1.82, 2.24) is 14.5 Å². The van der Waals surface area contributed by atoms with Crippen molar-refractivity contribution in [1.29, 1.82) is 0 Å². The van der Waals surface area contributed by atoms with Crippen LogP contribution >= 0.6 is 0 Å². The van der Waals surface area contributed by atoms with E-state index >= 15 is 0 Å². The molecule has 0 spiro atoms. The molecule has 0 aliphatic rings. The van der Waals surface area contributed by atoms with Gasteiger partial charge in [-0.15, -0.1) is 0 Å². The molecule has 2 aromatic rings. The third-order valence-electron chi connectivity index (χ3n) is 4.97. The van der Waals surface area contributed by atoms with Crippen molar-refractivity contribution in [3.05, 3.63) is 66.0 Å². The number of amides is 2. The Labute approximate surface area is 188 Å². The third-order valence-corrected chi connectivity index (χ3v) is 6.77. The van der Waals surface area contributed by atoms with Crippen molar-refractivity contribution in [2.45, 2.75) is 25.9 Å². The second-order valence-electron chi connectivity index (χ2n) is 7.29. The van der Waals surface area contributed by atoms with E-state index in [0.717, 1.165) is 20.2 Å². The number of hydrogen-bond donors (Lipinski definition) is 1. The number of nitrogens with zero attached hydrogens (tertiary/aromatic N) is 3. The van der Waals surface area contributed by atoms with Gasteiger partial charge in [-0.1, -0.05) is 49.4 Å². The maximum absolute atomic E-state index is 14.5. The summed E-state index contributed by atoms with van der Waals surface area (Å²) in [5, 5.41) is 2.55. The van der Waals surface area contributed by atoms with E-state index in [9.17, 15) is 22.4 Å². The molecule has 0 aliphatic heterocycles. The summed E-state index contributed by atoms with van der Waals surface area (Å²) < 4.78 is 42.1. The molecule has 0 saturated carbocycles. The largest absolute Gasteiger partial charge is 0.357 e. The number of rotatable bonds is 10. The Hall–Kier alpha value is -2.98. The first-order valence-electron chi connectivity index (χ1n) is 10.1. The normalized spacial score (nSPS) is 12.3. The number of anilines is 1. The number of benzene rings is 2. The minimum Gasteiger partial charge on any atom is -0.357 e. The highest BCUT2D eigenvalue weighted by molar-refractivity contribution is 7.90. The molecular formula is C22H29FN4O4S. The van der Waals surface area contributed by atoms with Crippen LogP contribution in [0.15, 0.2) is 54.6 Å². The number of halogens is 1. The smallest absolute Gasteiger partial charge is 0.304 e. The number of nitrogens with one attached hydrogen (secondary N) is 1. The lowest BCUT2D eigenvalue weighted by atomic mass is 10.1. The van der Waals surface area contributed by atoms with E-state index in [-0.39, 0.29) is 18.1 Å². The first-order chi connectivity index (χ1) is 15.1. The first-order valence-corrected chi connectivity index (χ1v) is 11.5. The highest BCUT2D eigenvalue weighted by Crippen LogP contribution is 2.24. The molecule has 10 heteroatoms. The van der Waals surface area contributed by atoms with E-state index in [0.29, 0.717) is 6.42 Å². The lowest BCUT2D eigenvalue weighted by molar-refractivity contribution is -0.140. The zero-order chi connectivity index (χ0) is 23.9. The molecule has 0 aliphatic carbocycles. The molecule has 8 nitrogen and oxygen atoms in total. The fraction of sp³-hybridized carbons (Fsp3) is 0.364. The molecule has 0 bridgehead atoms. The SMILES string of the molecule is CC[C@H](C(=O)NC)N(Cc1ccccc1)C(=O)CN(c1ccccc1F)S(=O)(=O)N(C)C. The van der Waals surface area contributed by atoms with E-state index in [1.165, 1.54) is 44.2 Å². The summed E-state index contributed by atoms with van der Waals surface area (Å²) in [5.41, 5.74) is 0.526. The summed E-state index contributed by atoms with van der Waals surface area (Å²) in [7, 11) is -0.124. The number of carbonyl (C=O) groups excluding carboxylic acids is 2. The molecule has 1 N–H and O–H groups in total. The predicted octanol–water partition coefficient (Wildman–Crippen LogP) is 1.99. The Bertz CT molecular complexity index is 1030. The topological polar surface area (TPSA) is 90.0 Å². The van der Waals surface area contributed by atoms with Crippen LogP contribution in [-0.2, 0) is 26.3 Å². The van der Waals surface area contributed by atoms with Gasteiger partial charge in [0.15, 0.2) is 0 Å². The Morgan fingerprint density at radius 3 is 2.16 bits per heavy atom. The Balaban J connectivity index is 2.49. The van der Waals surface area contributed by atoms with Crippen LogP contribution in [-0.4, -0.2) is 63.2 Å². The van der Waals surface area contributed by atoms with Crippen LogP contribution in [0.2, 0.25) is 0 Å². The fourth-order valence-electron chi connectivity index (χ4n) is 3.22. The standard InChI is InChI=1S/C22H29FN4O4S/c1-5-19(22(29)24-2)26(15-17-11-7-6-8-12-17)21(28)16-27(32(30,31)25(3)4)20-14-10-9-13-18(20)23/h6-14,19H,5,15-16H2,1-4H3,(H,24,29)/t19-/m1/s1. The van der Waals surface area contributed by atoms with Gasteiger partial charge in [0.25, 0.3) is 0 Å². The number of para-hydroxylation sites is 1. The first kappa shape index (κ1) is 25.3. The molecule has 2 rings (SSSR count). The van der Waals surface area contributed by atoms with Crippen molar-refractivity contribution in [3.63, 3.8) is 0 Å². The van der Waals surface area contributed by atoms with Crippen molar-refractivity contribution in [3.8, 4) is 0 Å². The fourth-order valence-corrected chi connectivity index (χ4v) is 4.29. The highest BCUT2D eigenvalue weighted by Gasteiger charge is 2.34. The molecule has 0 radical (unpaired) electrons. The summed E-state index contributed by atoms with van der Waals surface area (Å²) >= 11 is 0. The maximum atomic E-state index is 14.5. The lowest BCUT2D eigenvalue weighted by Crippen LogP contribution is -2.53. The molecular weight excluding hydrogens is 435 g/mol. The Morgan fingerprint density at radius 1 is 1.03 bits per heavy atom. The van der Waals surface area contributed by atoms with Crippen LogP contribution in [0.3, 0.4) is 0 Å². The molecule has 0 aromatic heterocycles. The molecule has 0 heterocycles. The molecule has 174 valence electrons. The van der Waals surface area contributed by atoms with Gasteiger partial charge >= 0.3 is 10.2 Å². The molecule has 1 atom stereocenters. The van der Waals surface area contributed by atoms with Gasteiger partial charge in [-0.2, -0.15) is 12.7 Å². The Morgan fingerprint density at radius 2 is 1.62 bits per heavy atom. The van der Waals surface area contributed by atoms with E-state index in [2.05, 4.69) is 5.32 Å². The molecule has 32 heavy (non-hydrogen) atoms. The van der Waals surface area contributed by atoms with Crippen molar-refractivity contribution in [2.24, 2.45) is 0 Å². The Kier molecular flexibility index (Phi) is 8.73. The van der Waals surface area contributed by atoms with E-state index in [1.54, 1.807) is 19.1 Å². The van der Waals surface area contributed by atoms with Gasteiger partial charge in [0.2, 0.25) is 11.8 Å². The van der Waals surface area contributed by atoms with Crippen LogP contribution in [0.5, 0.6) is 0 Å². The van der Waals surface area contributed by atoms with Crippen molar-refractivity contribution >= 4 is 27.7 Å². The summed E-state index contributed by atoms with van der Waals surface area (Å²) in [6.07, 6.45) is 0.318. The summed E-state index contributed by atoms with van der Waals surface area (Å²) in [6, 6.07) is 13.6. The van der Waals surface area contributed by atoms with Crippen LogP contribution in [0.25, 0.3) is 0 Å². The van der Waals surface area contributed by atoms with Crippen LogP contribution in [0, 0.1) is 5.82 Å². The zero-order valence-corrected chi connectivity index (χ0v) is 19.5. The van der Waals surface area contributed by atoms with Gasteiger partial charge in [-0.3, -0.25) is 9.59 Å². The molecule has 0 unspecified atom stereocenters. The van der Waals surface area contributed by atoms with Crippen LogP contribution in [0.1, 0.15) is 18.9 Å². The number of hydrogen-bond acceptors (Lipinski definition) is 4. The zero-order valence-electron chi connectivity index (χ0n) is 18.7. The third kappa shape index (κ3) is 5.83. The van der Waals surface area contributed by atoms with Gasteiger partial charge in [0, 0.05) is 27.7 Å². The summed E-state index contributed by atoms with van der Waals surface area (Å²) in [5.74, 6) is -1.78. The average Bonchev–Trinajstić information content (AvgIpc) is 2.78. The molecule has 2 aromatic carbocycles. The molecule has 0 saturated heterocycles. The molecule has 0 fully saturated rings. The van der Waals surface area contributed by atoms with Crippen molar-refractivity contribution in [2.75, 3.05) is 32.0 Å². The van der Waals surface area contributed by atoms with Crippen LogP contribution < -0.4 is 9.62 Å². The van der Waals surface area contributed by atoms with Crippen LogP contribution in [0.4, 0.5) is 10.1 Å². The summed E-state index contributed by atoms with van der Waals surface area (Å²) in [4.78, 5) is 27.2. The second-order valence-corrected chi connectivity index (χ2v) is 9.36.